The van der Waals surface area contributed by atoms with E-state index >= 15 is 0 Å². The molecule has 1 saturated carbocycles. The Morgan fingerprint density at radius 3 is 2.33 bits per heavy atom. The van der Waals surface area contributed by atoms with Crippen LogP contribution in [0.4, 0.5) is 0 Å². The van der Waals surface area contributed by atoms with Crippen LogP contribution in [0.2, 0.25) is 0 Å². The molecule has 1 fully saturated rings. The molecule has 0 atom stereocenters. The molecule has 0 unspecified atom stereocenters. The predicted octanol–water partition coefficient (Wildman–Crippen LogP) is 2.48. The smallest absolute Gasteiger partial charge is 0.0978 e. The summed E-state index contributed by atoms with van der Waals surface area (Å²) in [6.07, 6.45) is 8.55. The first kappa shape index (κ1) is 11.5. The van der Waals surface area contributed by atoms with Gasteiger partial charge in [0.1, 0.15) is 0 Å². The van der Waals surface area contributed by atoms with Crippen molar-refractivity contribution in [3.05, 3.63) is 12.8 Å². The number of rotatable bonds is 2. The van der Waals surface area contributed by atoms with Crippen LogP contribution in [0.15, 0.2) is 12.8 Å². The number of hydrogen-bond acceptors (Lipinski definition) is 2. The Labute approximate surface area is 75.2 Å². The van der Waals surface area contributed by atoms with Crippen LogP contribution in [-0.4, -0.2) is 17.8 Å². The lowest BCUT2D eigenvalue weighted by atomic mass is 9.98. The first-order valence-electron chi connectivity index (χ1n) is 4.72. The van der Waals surface area contributed by atoms with Gasteiger partial charge < -0.3 is 9.84 Å². The lowest BCUT2D eigenvalue weighted by Crippen LogP contribution is -2.13. The fraction of sp³-hybridized carbons (Fsp3) is 0.800. The van der Waals surface area contributed by atoms with Crippen molar-refractivity contribution in [3.63, 3.8) is 0 Å². The van der Waals surface area contributed by atoms with Crippen molar-refractivity contribution in [2.75, 3.05) is 6.61 Å². The minimum absolute atomic E-state index is 0.250. The highest BCUT2D eigenvalue weighted by Gasteiger charge is 2.11. The van der Waals surface area contributed by atoms with Crippen LogP contribution in [-0.2, 0) is 4.74 Å². The molecule has 12 heavy (non-hydrogen) atoms. The second-order valence-electron chi connectivity index (χ2n) is 2.88. The third-order valence-electron chi connectivity index (χ3n) is 1.84. The third kappa shape index (κ3) is 6.23. The van der Waals surface area contributed by atoms with Crippen LogP contribution in [0, 0.1) is 0 Å². The van der Waals surface area contributed by atoms with Gasteiger partial charge in [-0.15, -0.1) is 0 Å². The number of ether oxygens (including phenoxy) is 1. The molecule has 2 nitrogen and oxygen atoms in total. The molecule has 0 heterocycles. The van der Waals surface area contributed by atoms with Gasteiger partial charge in [0, 0.05) is 6.61 Å². The van der Waals surface area contributed by atoms with Crippen molar-refractivity contribution < 1.29 is 9.84 Å². The molecule has 0 aromatic carbocycles. The molecule has 1 rings (SSSR count). The third-order valence-corrected chi connectivity index (χ3v) is 1.84. The van der Waals surface area contributed by atoms with Crippen molar-refractivity contribution in [2.45, 2.75) is 45.1 Å². The Bertz CT molecular complexity index is 96.0. The summed E-state index contributed by atoms with van der Waals surface area (Å²) in [6.45, 7) is 5.46. The summed E-state index contributed by atoms with van der Waals surface area (Å²) >= 11 is 0. The van der Waals surface area contributed by atoms with E-state index in [1.165, 1.54) is 32.1 Å². The molecular weight excluding hydrogens is 152 g/mol. The molecule has 0 amide bonds. The summed E-state index contributed by atoms with van der Waals surface area (Å²) in [5.74, 6) is 0. The standard InChI is InChI=1S/C8H14O.C2H6O/c1-2-9-8-6-4-3-5-7-8;1-2-3/h2,8H,1,3-7H2;3H,2H2,1H3. The van der Waals surface area contributed by atoms with E-state index in [1.54, 1.807) is 13.2 Å². The second kappa shape index (κ2) is 8.60. The van der Waals surface area contributed by atoms with Gasteiger partial charge in [0.25, 0.3) is 0 Å². The van der Waals surface area contributed by atoms with Crippen LogP contribution in [0.1, 0.15) is 39.0 Å². The summed E-state index contributed by atoms with van der Waals surface area (Å²) in [4.78, 5) is 0. The molecule has 0 aromatic rings. The molecule has 1 aliphatic rings. The molecule has 0 radical (unpaired) electrons. The van der Waals surface area contributed by atoms with Crippen molar-refractivity contribution in [2.24, 2.45) is 0 Å². The molecule has 72 valence electrons. The van der Waals surface area contributed by atoms with Gasteiger partial charge in [0.05, 0.1) is 12.4 Å². The van der Waals surface area contributed by atoms with E-state index in [0.29, 0.717) is 6.10 Å². The Balaban J connectivity index is 0.000000354. The molecule has 1 N–H and O–H groups in total. The predicted molar refractivity (Wildman–Crippen MR) is 50.9 cm³/mol. The lowest BCUT2D eigenvalue weighted by Gasteiger charge is -2.20. The van der Waals surface area contributed by atoms with Gasteiger partial charge in [-0.25, -0.2) is 0 Å². The number of aliphatic hydroxyl groups is 1. The number of aliphatic hydroxyl groups excluding tert-OH is 1. The first-order chi connectivity index (χ1) is 5.85. The zero-order valence-electron chi connectivity index (χ0n) is 7.96. The van der Waals surface area contributed by atoms with Crippen molar-refractivity contribution >= 4 is 0 Å². The Kier molecular flexibility index (Phi) is 8.24. The highest BCUT2D eigenvalue weighted by molar-refractivity contribution is 4.67. The average molecular weight is 172 g/mol. The van der Waals surface area contributed by atoms with E-state index < -0.39 is 0 Å². The number of hydrogen-bond donors (Lipinski definition) is 1. The summed E-state index contributed by atoms with van der Waals surface area (Å²) in [7, 11) is 0. The summed E-state index contributed by atoms with van der Waals surface area (Å²) in [5.41, 5.74) is 0. The van der Waals surface area contributed by atoms with Gasteiger partial charge in [-0.05, 0) is 32.6 Å². The van der Waals surface area contributed by atoms with Gasteiger partial charge in [0.15, 0.2) is 0 Å². The summed E-state index contributed by atoms with van der Waals surface area (Å²) in [6, 6.07) is 0. The van der Waals surface area contributed by atoms with Gasteiger partial charge in [-0.3, -0.25) is 0 Å². The van der Waals surface area contributed by atoms with Crippen molar-refractivity contribution in [3.8, 4) is 0 Å². The molecule has 0 aliphatic heterocycles. The maximum absolute atomic E-state index is 7.57. The molecule has 0 spiro atoms. The van der Waals surface area contributed by atoms with Gasteiger partial charge in [-0.2, -0.15) is 0 Å². The average Bonchev–Trinajstić information content (AvgIpc) is 2.08. The zero-order valence-corrected chi connectivity index (χ0v) is 7.96. The Hall–Kier alpha value is -0.500. The second-order valence-corrected chi connectivity index (χ2v) is 2.88. The highest BCUT2D eigenvalue weighted by atomic mass is 16.5. The SMILES string of the molecule is C=COC1CCCCC1.CCO. The highest BCUT2D eigenvalue weighted by Crippen LogP contribution is 2.19. The minimum atomic E-state index is 0.250. The normalized spacial score (nSPS) is 17.5. The van der Waals surface area contributed by atoms with Crippen molar-refractivity contribution in [1.82, 2.24) is 0 Å². The fourth-order valence-corrected chi connectivity index (χ4v) is 1.34. The van der Waals surface area contributed by atoms with E-state index in [1.807, 2.05) is 0 Å². The zero-order chi connectivity index (χ0) is 9.23. The van der Waals surface area contributed by atoms with Gasteiger partial charge in [-0.1, -0.05) is 13.0 Å². The van der Waals surface area contributed by atoms with Crippen LogP contribution < -0.4 is 0 Å². The molecule has 0 bridgehead atoms. The Morgan fingerprint density at radius 2 is 1.92 bits per heavy atom. The molecule has 1 aliphatic carbocycles. The maximum atomic E-state index is 7.57. The van der Waals surface area contributed by atoms with Crippen LogP contribution in [0.3, 0.4) is 0 Å². The molecular formula is C10H20O2. The van der Waals surface area contributed by atoms with Crippen LogP contribution in [0.25, 0.3) is 0 Å². The van der Waals surface area contributed by atoms with E-state index in [2.05, 4.69) is 6.58 Å². The van der Waals surface area contributed by atoms with E-state index in [0.717, 1.165) is 0 Å². The lowest BCUT2D eigenvalue weighted by molar-refractivity contribution is 0.107. The van der Waals surface area contributed by atoms with E-state index in [-0.39, 0.29) is 6.61 Å². The Morgan fingerprint density at radius 1 is 1.42 bits per heavy atom. The van der Waals surface area contributed by atoms with E-state index in [9.17, 15) is 0 Å². The van der Waals surface area contributed by atoms with Crippen molar-refractivity contribution in [1.29, 1.82) is 0 Å². The fourth-order valence-electron chi connectivity index (χ4n) is 1.34. The van der Waals surface area contributed by atoms with Gasteiger partial charge in [0.2, 0.25) is 0 Å². The van der Waals surface area contributed by atoms with Crippen LogP contribution in [0.5, 0.6) is 0 Å². The van der Waals surface area contributed by atoms with Gasteiger partial charge >= 0.3 is 0 Å². The maximum Gasteiger partial charge on any atom is 0.0978 e. The largest absolute Gasteiger partial charge is 0.499 e. The van der Waals surface area contributed by atoms with Crippen LogP contribution >= 0.6 is 0 Å². The minimum Gasteiger partial charge on any atom is -0.499 e. The van der Waals surface area contributed by atoms with E-state index in [4.69, 9.17) is 9.84 Å². The first-order valence-corrected chi connectivity index (χ1v) is 4.72. The molecule has 2 heteroatoms. The quantitative estimate of drug-likeness (QED) is 0.648. The summed E-state index contributed by atoms with van der Waals surface area (Å²) < 4.78 is 5.25. The molecule has 0 saturated heterocycles. The monoisotopic (exact) mass is 172 g/mol. The topological polar surface area (TPSA) is 29.5 Å². The summed E-state index contributed by atoms with van der Waals surface area (Å²) in [5, 5.41) is 7.57. The molecule has 0 aromatic heterocycles.